The number of amides is 1. The Bertz CT molecular complexity index is 560. The molecule has 1 aromatic carbocycles. The number of hydrogen-bond donors (Lipinski definition) is 1. The van der Waals surface area contributed by atoms with E-state index in [9.17, 15) is 9.59 Å². The van der Waals surface area contributed by atoms with Crippen LogP contribution in [0.3, 0.4) is 0 Å². The molecule has 110 valence electrons. The standard InChI is InChI=1S/C16H19N3O2/c1-18-16(21)14-4-2-3-9-19(14)11-15(20)13-7-5-12(10-17)6-8-13/h5-8,14H,2-4,9,11H2,1H3,(H,18,21). The number of carbonyl (C=O) groups is 2. The van der Waals surface area contributed by atoms with Crippen LogP contribution < -0.4 is 5.32 Å². The van der Waals surface area contributed by atoms with Crippen LogP contribution in [0, 0.1) is 11.3 Å². The molecule has 0 aromatic heterocycles. The van der Waals surface area contributed by atoms with Crippen LogP contribution in [-0.2, 0) is 4.79 Å². The van der Waals surface area contributed by atoms with Gasteiger partial charge < -0.3 is 5.32 Å². The molecule has 0 spiro atoms. The Morgan fingerprint density at radius 1 is 1.33 bits per heavy atom. The molecular weight excluding hydrogens is 266 g/mol. The third-order valence-corrected chi connectivity index (χ3v) is 3.85. The second-order valence-corrected chi connectivity index (χ2v) is 5.21. The molecule has 1 fully saturated rings. The largest absolute Gasteiger partial charge is 0.358 e. The molecule has 5 heteroatoms. The first kappa shape index (κ1) is 15.2. The first-order valence-corrected chi connectivity index (χ1v) is 7.14. The summed E-state index contributed by atoms with van der Waals surface area (Å²) in [4.78, 5) is 26.1. The van der Waals surface area contributed by atoms with Gasteiger partial charge in [0.1, 0.15) is 0 Å². The van der Waals surface area contributed by atoms with Gasteiger partial charge in [0.25, 0.3) is 0 Å². The minimum Gasteiger partial charge on any atom is -0.358 e. The van der Waals surface area contributed by atoms with E-state index in [-0.39, 0.29) is 24.3 Å². The molecular formula is C16H19N3O2. The molecule has 0 saturated carbocycles. The van der Waals surface area contributed by atoms with Crippen molar-refractivity contribution in [2.75, 3.05) is 20.1 Å². The van der Waals surface area contributed by atoms with Gasteiger partial charge in [-0.25, -0.2) is 0 Å². The molecule has 0 radical (unpaired) electrons. The molecule has 1 atom stereocenters. The summed E-state index contributed by atoms with van der Waals surface area (Å²) in [6, 6.07) is 8.42. The summed E-state index contributed by atoms with van der Waals surface area (Å²) in [7, 11) is 1.62. The van der Waals surface area contributed by atoms with Crippen molar-refractivity contribution in [3.05, 3.63) is 35.4 Å². The van der Waals surface area contributed by atoms with Crippen LogP contribution in [0.5, 0.6) is 0 Å². The lowest BCUT2D eigenvalue weighted by Gasteiger charge is -2.33. The Morgan fingerprint density at radius 3 is 2.67 bits per heavy atom. The maximum atomic E-state index is 12.3. The average Bonchev–Trinajstić information content (AvgIpc) is 2.54. The number of likely N-dealkylation sites (tertiary alicyclic amines) is 1. The molecule has 21 heavy (non-hydrogen) atoms. The summed E-state index contributed by atoms with van der Waals surface area (Å²) < 4.78 is 0. The zero-order valence-corrected chi connectivity index (χ0v) is 12.1. The highest BCUT2D eigenvalue weighted by Gasteiger charge is 2.29. The fraction of sp³-hybridized carbons (Fsp3) is 0.438. The number of carbonyl (C=O) groups excluding carboxylic acids is 2. The molecule has 1 aromatic rings. The first-order chi connectivity index (χ1) is 10.2. The minimum absolute atomic E-state index is 0.0182. The number of piperidine rings is 1. The van der Waals surface area contributed by atoms with E-state index in [1.54, 1.807) is 31.3 Å². The zero-order valence-electron chi connectivity index (χ0n) is 12.1. The van der Waals surface area contributed by atoms with Crippen LogP contribution in [0.2, 0.25) is 0 Å². The fourth-order valence-corrected chi connectivity index (χ4v) is 2.65. The molecule has 0 aliphatic carbocycles. The van der Waals surface area contributed by atoms with Crippen molar-refractivity contribution in [2.45, 2.75) is 25.3 Å². The first-order valence-electron chi connectivity index (χ1n) is 7.14. The Kier molecular flexibility index (Phi) is 5.07. The number of hydrogen-bond acceptors (Lipinski definition) is 4. The molecule has 1 N–H and O–H groups in total. The topological polar surface area (TPSA) is 73.2 Å². The number of benzene rings is 1. The minimum atomic E-state index is -0.217. The number of nitrogens with one attached hydrogen (secondary N) is 1. The van der Waals surface area contributed by atoms with Crippen LogP contribution in [0.15, 0.2) is 24.3 Å². The van der Waals surface area contributed by atoms with Crippen molar-refractivity contribution < 1.29 is 9.59 Å². The van der Waals surface area contributed by atoms with E-state index in [0.717, 1.165) is 25.8 Å². The third-order valence-electron chi connectivity index (χ3n) is 3.85. The van der Waals surface area contributed by atoms with Gasteiger partial charge in [-0.2, -0.15) is 5.26 Å². The van der Waals surface area contributed by atoms with Crippen LogP contribution in [0.25, 0.3) is 0 Å². The van der Waals surface area contributed by atoms with E-state index in [0.29, 0.717) is 11.1 Å². The summed E-state index contributed by atoms with van der Waals surface area (Å²) in [5, 5.41) is 11.4. The van der Waals surface area contributed by atoms with Gasteiger partial charge in [-0.05, 0) is 31.5 Å². The van der Waals surface area contributed by atoms with E-state index in [1.165, 1.54) is 0 Å². The van der Waals surface area contributed by atoms with Crippen molar-refractivity contribution in [3.8, 4) is 6.07 Å². The SMILES string of the molecule is CNC(=O)C1CCCCN1CC(=O)c1ccc(C#N)cc1. The normalized spacial score (nSPS) is 18.8. The molecule has 0 bridgehead atoms. The van der Waals surface area contributed by atoms with E-state index < -0.39 is 0 Å². The molecule has 1 saturated heterocycles. The summed E-state index contributed by atoms with van der Waals surface area (Å²) in [6.45, 7) is 1.00. The van der Waals surface area contributed by atoms with Gasteiger partial charge in [0, 0.05) is 12.6 Å². The van der Waals surface area contributed by atoms with Crippen molar-refractivity contribution in [2.24, 2.45) is 0 Å². The second-order valence-electron chi connectivity index (χ2n) is 5.21. The van der Waals surface area contributed by atoms with Crippen LogP contribution in [0.4, 0.5) is 0 Å². The fourth-order valence-electron chi connectivity index (χ4n) is 2.65. The highest BCUT2D eigenvalue weighted by atomic mass is 16.2. The summed E-state index contributed by atoms with van der Waals surface area (Å²) >= 11 is 0. The molecule has 1 aliphatic rings. The third kappa shape index (κ3) is 3.67. The zero-order chi connectivity index (χ0) is 15.2. The van der Waals surface area contributed by atoms with Crippen molar-refractivity contribution in [3.63, 3.8) is 0 Å². The van der Waals surface area contributed by atoms with Crippen molar-refractivity contribution in [1.82, 2.24) is 10.2 Å². The van der Waals surface area contributed by atoms with Gasteiger partial charge in [0.05, 0.1) is 24.2 Å². The second kappa shape index (κ2) is 7.00. The average molecular weight is 285 g/mol. The number of nitrogens with zero attached hydrogens (tertiary/aromatic N) is 2. The predicted octanol–water partition coefficient (Wildman–Crippen LogP) is 1.34. The number of nitriles is 1. The Hall–Kier alpha value is -2.19. The maximum absolute atomic E-state index is 12.3. The lowest BCUT2D eigenvalue weighted by molar-refractivity contribution is -0.126. The molecule has 5 nitrogen and oxygen atoms in total. The highest BCUT2D eigenvalue weighted by Crippen LogP contribution is 2.18. The number of rotatable bonds is 4. The maximum Gasteiger partial charge on any atom is 0.237 e. The lowest BCUT2D eigenvalue weighted by atomic mass is 10.00. The smallest absolute Gasteiger partial charge is 0.237 e. The van der Waals surface area contributed by atoms with Crippen LogP contribution >= 0.6 is 0 Å². The Morgan fingerprint density at radius 2 is 2.05 bits per heavy atom. The van der Waals surface area contributed by atoms with Crippen molar-refractivity contribution in [1.29, 1.82) is 5.26 Å². The van der Waals surface area contributed by atoms with Gasteiger partial charge in [-0.3, -0.25) is 14.5 Å². The quantitative estimate of drug-likeness (QED) is 0.847. The van der Waals surface area contributed by atoms with E-state index in [2.05, 4.69) is 5.32 Å². The van der Waals surface area contributed by atoms with Crippen LogP contribution in [0.1, 0.15) is 35.2 Å². The Labute approximate surface area is 124 Å². The molecule has 1 amide bonds. The predicted molar refractivity (Wildman–Crippen MR) is 78.8 cm³/mol. The number of likely N-dealkylation sites (N-methyl/N-ethyl adjacent to an activating group) is 1. The van der Waals surface area contributed by atoms with Gasteiger partial charge in [-0.15, -0.1) is 0 Å². The van der Waals surface area contributed by atoms with Crippen molar-refractivity contribution >= 4 is 11.7 Å². The summed E-state index contributed by atoms with van der Waals surface area (Å²) in [6.07, 6.45) is 2.81. The Balaban J connectivity index is 2.05. The van der Waals surface area contributed by atoms with Crippen LogP contribution in [-0.4, -0.2) is 42.8 Å². The summed E-state index contributed by atoms with van der Waals surface area (Å²) in [5.41, 5.74) is 1.11. The molecule has 1 aliphatic heterocycles. The van der Waals surface area contributed by atoms with Gasteiger partial charge in [0.2, 0.25) is 5.91 Å². The summed E-state index contributed by atoms with van der Waals surface area (Å²) in [5.74, 6) is -0.0439. The molecule has 1 heterocycles. The van der Waals surface area contributed by atoms with Gasteiger partial charge >= 0.3 is 0 Å². The lowest BCUT2D eigenvalue weighted by Crippen LogP contribution is -2.50. The van der Waals surface area contributed by atoms with Gasteiger partial charge in [-0.1, -0.05) is 18.6 Å². The van der Waals surface area contributed by atoms with E-state index in [4.69, 9.17) is 5.26 Å². The molecule has 1 unspecified atom stereocenters. The monoisotopic (exact) mass is 285 g/mol. The van der Waals surface area contributed by atoms with Gasteiger partial charge in [0.15, 0.2) is 5.78 Å². The number of Topliss-reactive ketones (excluding diaryl/α,β-unsaturated/α-hetero) is 1. The van der Waals surface area contributed by atoms with E-state index in [1.807, 2.05) is 11.0 Å². The molecule has 2 rings (SSSR count). The highest BCUT2D eigenvalue weighted by molar-refractivity contribution is 5.98. The van der Waals surface area contributed by atoms with E-state index >= 15 is 0 Å². The number of ketones is 1.